The summed E-state index contributed by atoms with van der Waals surface area (Å²) in [6.45, 7) is 4.66. The van der Waals surface area contributed by atoms with Gasteiger partial charge in [0.1, 0.15) is 18.3 Å². The van der Waals surface area contributed by atoms with E-state index in [0.717, 1.165) is 9.87 Å². The van der Waals surface area contributed by atoms with Crippen LogP contribution in [0.2, 0.25) is 10.0 Å². The average molecular weight is 593 g/mol. The molecule has 0 radical (unpaired) electrons. The smallest absolute Gasteiger partial charge is 0.264 e. The van der Waals surface area contributed by atoms with Crippen molar-refractivity contribution in [2.24, 2.45) is 0 Å². The Morgan fingerprint density at radius 1 is 0.949 bits per heavy atom. The van der Waals surface area contributed by atoms with Crippen LogP contribution in [0.4, 0.5) is 5.69 Å². The van der Waals surface area contributed by atoms with E-state index in [1.807, 2.05) is 13.8 Å². The molecule has 1 N–H and O–H groups in total. The van der Waals surface area contributed by atoms with E-state index in [0.29, 0.717) is 5.75 Å². The van der Waals surface area contributed by atoms with Crippen molar-refractivity contribution in [1.29, 1.82) is 0 Å². The van der Waals surface area contributed by atoms with Gasteiger partial charge in [0.15, 0.2) is 0 Å². The first kappa shape index (κ1) is 30.3. The molecule has 0 saturated heterocycles. The highest BCUT2D eigenvalue weighted by Crippen LogP contribution is 2.33. The number of rotatable bonds is 11. The standard InChI is InChI=1S/C28H31Cl2N3O5S/c1-19(2)31-28(35)20(3)32(17-21-10-13-23(38-4)14-11-21)27(34)18-33(26-16-22(29)12-15-25(26)30)39(36,37)24-8-6-5-7-9-24/h5-16,19-20H,17-18H2,1-4H3,(H,31,35)/t20-/m0/s1. The highest BCUT2D eigenvalue weighted by atomic mass is 35.5. The Bertz CT molecular complexity index is 1400. The van der Waals surface area contributed by atoms with Crippen LogP contribution in [0.3, 0.4) is 0 Å². The second-order valence-corrected chi connectivity index (χ2v) is 11.8. The summed E-state index contributed by atoms with van der Waals surface area (Å²) in [6.07, 6.45) is 0. The molecule has 8 nitrogen and oxygen atoms in total. The maximum atomic E-state index is 13.9. The normalized spacial score (nSPS) is 12.1. The number of carbonyl (C=O) groups excluding carboxylic acids is 2. The van der Waals surface area contributed by atoms with Crippen LogP contribution >= 0.6 is 23.2 Å². The minimum absolute atomic E-state index is 0.0267. The number of sulfonamides is 1. The molecule has 39 heavy (non-hydrogen) atoms. The molecule has 3 aromatic carbocycles. The zero-order valence-electron chi connectivity index (χ0n) is 22.1. The summed E-state index contributed by atoms with van der Waals surface area (Å²) in [5, 5.41) is 3.16. The summed E-state index contributed by atoms with van der Waals surface area (Å²) < 4.78 is 33.7. The summed E-state index contributed by atoms with van der Waals surface area (Å²) in [7, 11) is -2.70. The average Bonchev–Trinajstić information content (AvgIpc) is 2.91. The topological polar surface area (TPSA) is 96.0 Å². The van der Waals surface area contributed by atoms with Gasteiger partial charge in [0, 0.05) is 17.6 Å². The number of carbonyl (C=O) groups is 2. The predicted molar refractivity (Wildman–Crippen MR) is 154 cm³/mol. The van der Waals surface area contributed by atoms with Crippen LogP contribution in [0.1, 0.15) is 26.3 Å². The molecule has 0 heterocycles. The summed E-state index contributed by atoms with van der Waals surface area (Å²) in [5.41, 5.74) is 0.775. The lowest BCUT2D eigenvalue weighted by molar-refractivity contribution is -0.139. The maximum absolute atomic E-state index is 13.9. The van der Waals surface area contributed by atoms with Crippen molar-refractivity contribution in [1.82, 2.24) is 10.2 Å². The molecule has 3 rings (SSSR count). The molecule has 0 aliphatic heterocycles. The zero-order valence-corrected chi connectivity index (χ0v) is 24.4. The van der Waals surface area contributed by atoms with Crippen molar-refractivity contribution >= 4 is 50.7 Å². The molecule has 0 aliphatic rings. The van der Waals surface area contributed by atoms with Gasteiger partial charge in [0.05, 0.1) is 22.7 Å². The molecule has 0 spiro atoms. The van der Waals surface area contributed by atoms with Crippen LogP contribution in [0.25, 0.3) is 0 Å². The van der Waals surface area contributed by atoms with Crippen molar-refractivity contribution in [2.45, 2.75) is 44.3 Å². The van der Waals surface area contributed by atoms with E-state index < -0.39 is 28.5 Å². The first-order valence-corrected chi connectivity index (χ1v) is 14.4. The number of anilines is 1. The Kier molecular flexibility index (Phi) is 10.2. The van der Waals surface area contributed by atoms with Gasteiger partial charge in [0.2, 0.25) is 11.8 Å². The van der Waals surface area contributed by atoms with Gasteiger partial charge in [-0.2, -0.15) is 0 Å². The van der Waals surface area contributed by atoms with Gasteiger partial charge in [-0.1, -0.05) is 53.5 Å². The predicted octanol–water partition coefficient (Wildman–Crippen LogP) is 5.14. The third-order valence-electron chi connectivity index (χ3n) is 5.90. The number of hydrogen-bond acceptors (Lipinski definition) is 5. The number of nitrogens with one attached hydrogen (secondary N) is 1. The lowest BCUT2D eigenvalue weighted by Gasteiger charge is -2.32. The number of ether oxygens (including phenoxy) is 1. The Labute approximate surface area is 239 Å². The van der Waals surface area contributed by atoms with Gasteiger partial charge < -0.3 is 15.0 Å². The fourth-order valence-electron chi connectivity index (χ4n) is 3.83. The molecule has 0 aliphatic carbocycles. The Hall–Kier alpha value is -3.27. The van der Waals surface area contributed by atoms with Crippen LogP contribution in [-0.4, -0.2) is 50.9 Å². The van der Waals surface area contributed by atoms with Crippen LogP contribution in [0.15, 0.2) is 77.7 Å². The van der Waals surface area contributed by atoms with Crippen LogP contribution in [0.5, 0.6) is 5.75 Å². The maximum Gasteiger partial charge on any atom is 0.264 e. The second kappa shape index (κ2) is 13.2. The lowest BCUT2D eigenvalue weighted by atomic mass is 10.1. The fourth-order valence-corrected chi connectivity index (χ4v) is 5.71. The third kappa shape index (κ3) is 7.65. The first-order valence-electron chi connectivity index (χ1n) is 12.2. The molecule has 0 saturated carbocycles. The highest BCUT2D eigenvalue weighted by Gasteiger charge is 2.33. The number of benzene rings is 3. The monoisotopic (exact) mass is 591 g/mol. The second-order valence-electron chi connectivity index (χ2n) is 9.13. The molecular weight excluding hydrogens is 561 g/mol. The minimum Gasteiger partial charge on any atom is -0.497 e. The van der Waals surface area contributed by atoms with Gasteiger partial charge in [-0.15, -0.1) is 0 Å². The van der Waals surface area contributed by atoms with Crippen molar-refractivity contribution in [3.63, 3.8) is 0 Å². The van der Waals surface area contributed by atoms with E-state index in [1.165, 1.54) is 35.2 Å². The molecule has 0 fully saturated rings. The van der Waals surface area contributed by atoms with Crippen LogP contribution < -0.4 is 14.4 Å². The Morgan fingerprint density at radius 3 is 2.18 bits per heavy atom. The van der Waals surface area contributed by atoms with E-state index in [1.54, 1.807) is 56.5 Å². The molecule has 3 aromatic rings. The quantitative estimate of drug-likeness (QED) is 0.333. The van der Waals surface area contributed by atoms with E-state index in [2.05, 4.69) is 5.32 Å². The number of amides is 2. The minimum atomic E-state index is -4.24. The molecule has 2 amide bonds. The first-order chi connectivity index (χ1) is 18.4. The molecule has 0 unspecified atom stereocenters. The highest BCUT2D eigenvalue weighted by molar-refractivity contribution is 7.92. The molecule has 0 bridgehead atoms. The Balaban J connectivity index is 2.05. The fraction of sp³-hybridized carbons (Fsp3) is 0.286. The van der Waals surface area contributed by atoms with Crippen molar-refractivity contribution < 1.29 is 22.7 Å². The van der Waals surface area contributed by atoms with Gasteiger partial charge >= 0.3 is 0 Å². The molecule has 1 atom stereocenters. The van der Waals surface area contributed by atoms with Crippen molar-refractivity contribution in [2.75, 3.05) is 18.0 Å². The summed E-state index contributed by atoms with van der Waals surface area (Å²) in [5.74, 6) is -0.337. The molecule has 0 aromatic heterocycles. The SMILES string of the molecule is COc1ccc(CN(C(=O)CN(c2cc(Cl)ccc2Cl)S(=O)(=O)c2ccccc2)[C@@H](C)C(=O)NC(C)C)cc1. The summed E-state index contributed by atoms with van der Waals surface area (Å²) in [6, 6.07) is 18.1. The van der Waals surface area contributed by atoms with E-state index in [9.17, 15) is 18.0 Å². The zero-order chi connectivity index (χ0) is 28.7. The van der Waals surface area contributed by atoms with Crippen molar-refractivity contribution in [3.05, 3.63) is 88.4 Å². The number of hydrogen-bond donors (Lipinski definition) is 1. The van der Waals surface area contributed by atoms with E-state index in [-0.39, 0.29) is 39.1 Å². The van der Waals surface area contributed by atoms with Gasteiger partial charge in [-0.3, -0.25) is 13.9 Å². The Morgan fingerprint density at radius 2 is 1.59 bits per heavy atom. The van der Waals surface area contributed by atoms with Crippen molar-refractivity contribution in [3.8, 4) is 5.75 Å². The van der Waals surface area contributed by atoms with E-state index in [4.69, 9.17) is 27.9 Å². The summed E-state index contributed by atoms with van der Waals surface area (Å²) in [4.78, 5) is 28.2. The summed E-state index contributed by atoms with van der Waals surface area (Å²) >= 11 is 12.6. The number of methoxy groups -OCH3 is 1. The van der Waals surface area contributed by atoms with Crippen LogP contribution in [0, 0.1) is 0 Å². The molecule has 208 valence electrons. The number of nitrogens with zero attached hydrogens (tertiary/aromatic N) is 2. The van der Waals surface area contributed by atoms with Gasteiger partial charge in [-0.25, -0.2) is 8.42 Å². The van der Waals surface area contributed by atoms with Crippen LogP contribution in [-0.2, 0) is 26.2 Å². The number of halogens is 2. The lowest BCUT2D eigenvalue weighted by Crippen LogP contribution is -2.52. The van der Waals surface area contributed by atoms with E-state index >= 15 is 0 Å². The molecular formula is C28H31Cl2N3O5S. The largest absolute Gasteiger partial charge is 0.497 e. The molecule has 11 heteroatoms. The van der Waals surface area contributed by atoms with Gasteiger partial charge in [-0.05, 0) is 68.8 Å². The van der Waals surface area contributed by atoms with Gasteiger partial charge in [0.25, 0.3) is 10.0 Å². The third-order valence-corrected chi connectivity index (χ3v) is 8.23.